The Morgan fingerprint density at radius 2 is 1.90 bits per heavy atom. The standard InChI is InChI=1S/C14H18BrNO3S/c1-8-5-10(6-9(2)12(8)15)13(17)16-11(7-20-4)14(18)19-3/h5-6,11H,7H2,1-4H3,(H,16,17)/t11-/m0/s1. The number of aryl methyl sites for hydroxylation is 2. The van der Waals surface area contributed by atoms with Crippen LogP contribution in [0.15, 0.2) is 16.6 Å². The Bertz CT molecular complexity index is 496. The normalized spacial score (nSPS) is 11.8. The number of methoxy groups -OCH3 is 1. The molecule has 6 heteroatoms. The highest BCUT2D eigenvalue weighted by Gasteiger charge is 2.22. The summed E-state index contributed by atoms with van der Waals surface area (Å²) < 4.78 is 5.68. The molecule has 0 fully saturated rings. The maximum absolute atomic E-state index is 12.2. The summed E-state index contributed by atoms with van der Waals surface area (Å²) in [5, 5.41) is 2.71. The summed E-state index contributed by atoms with van der Waals surface area (Å²) in [7, 11) is 1.32. The number of hydrogen-bond acceptors (Lipinski definition) is 4. The Balaban J connectivity index is 2.91. The number of hydrogen-bond donors (Lipinski definition) is 1. The van der Waals surface area contributed by atoms with Crippen LogP contribution in [0.4, 0.5) is 0 Å². The van der Waals surface area contributed by atoms with Gasteiger partial charge in [-0.1, -0.05) is 15.9 Å². The molecule has 0 aliphatic carbocycles. The SMILES string of the molecule is COC(=O)[C@H](CSC)NC(=O)c1cc(C)c(Br)c(C)c1. The molecule has 0 spiro atoms. The third-order valence-corrected chi connectivity index (χ3v) is 4.74. The highest BCUT2D eigenvalue weighted by molar-refractivity contribution is 9.10. The minimum absolute atomic E-state index is 0.270. The summed E-state index contributed by atoms with van der Waals surface area (Å²) >= 11 is 4.94. The molecule has 4 nitrogen and oxygen atoms in total. The molecule has 0 aromatic heterocycles. The molecule has 20 heavy (non-hydrogen) atoms. The number of carbonyl (C=O) groups is 2. The number of nitrogens with one attached hydrogen (secondary N) is 1. The van der Waals surface area contributed by atoms with E-state index in [9.17, 15) is 9.59 Å². The molecule has 0 radical (unpaired) electrons. The first kappa shape index (κ1) is 17.0. The summed E-state index contributed by atoms with van der Waals surface area (Å²) in [5.74, 6) is -0.223. The summed E-state index contributed by atoms with van der Waals surface area (Å²) in [6, 6.07) is 2.95. The van der Waals surface area contributed by atoms with Crippen LogP contribution in [0.2, 0.25) is 0 Å². The van der Waals surface area contributed by atoms with Gasteiger partial charge in [-0.15, -0.1) is 0 Å². The van der Waals surface area contributed by atoms with Crippen molar-refractivity contribution in [3.63, 3.8) is 0 Å². The van der Waals surface area contributed by atoms with E-state index in [1.807, 2.05) is 20.1 Å². The summed E-state index contributed by atoms with van der Waals surface area (Å²) in [6.07, 6.45) is 1.87. The van der Waals surface area contributed by atoms with E-state index in [4.69, 9.17) is 4.74 Å². The second kappa shape index (κ2) is 7.69. The average Bonchev–Trinajstić information content (AvgIpc) is 2.42. The van der Waals surface area contributed by atoms with Crippen molar-refractivity contribution in [2.24, 2.45) is 0 Å². The number of amides is 1. The van der Waals surface area contributed by atoms with E-state index in [1.54, 1.807) is 12.1 Å². The third-order valence-electron chi connectivity index (χ3n) is 2.82. The van der Waals surface area contributed by atoms with E-state index >= 15 is 0 Å². The van der Waals surface area contributed by atoms with Crippen LogP contribution in [0.3, 0.4) is 0 Å². The fourth-order valence-electron chi connectivity index (χ4n) is 1.80. The van der Waals surface area contributed by atoms with Crippen LogP contribution in [0.1, 0.15) is 21.5 Å². The predicted molar refractivity (Wildman–Crippen MR) is 85.3 cm³/mol. The van der Waals surface area contributed by atoms with Crippen molar-refractivity contribution in [1.82, 2.24) is 5.32 Å². The van der Waals surface area contributed by atoms with Gasteiger partial charge in [0.15, 0.2) is 0 Å². The van der Waals surface area contributed by atoms with Crippen molar-refractivity contribution >= 4 is 39.6 Å². The lowest BCUT2D eigenvalue weighted by Gasteiger charge is -2.16. The van der Waals surface area contributed by atoms with Gasteiger partial charge in [0, 0.05) is 15.8 Å². The number of halogens is 1. The van der Waals surface area contributed by atoms with Crippen molar-refractivity contribution in [1.29, 1.82) is 0 Å². The zero-order valence-electron chi connectivity index (χ0n) is 12.0. The summed E-state index contributed by atoms with van der Waals surface area (Å²) in [6.45, 7) is 3.85. The van der Waals surface area contributed by atoms with E-state index in [-0.39, 0.29) is 5.91 Å². The zero-order valence-corrected chi connectivity index (χ0v) is 14.4. The van der Waals surface area contributed by atoms with E-state index in [0.717, 1.165) is 15.6 Å². The Morgan fingerprint density at radius 3 is 2.35 bits per heavy atom. The van der Waals surface area contributed by atoms with E-state index in [2.05, 4.69) is 21.2 Å². The van der Waals surface area contributed by atoms with Gasteiger partial charge in [-0.3, -0.25) is 4.79 Å². The Labute approximate surface area is 131 Å². The first-order valence-electron chi connectivity index (χ1n) is 6.05. The van der Waals surface area contributed by atoms with Crippen molar-refractivity contribution in [2.75, 3.05) is 19.1 Å². The molecule has 0 unspecified atom stereocenters. The fraction of sp³-hybridized carbons (Fsp3) is 0.429. The van der Waals surface area contributed by atoms with Gasteiger partial charge in [0.2, 0.25) is 0 Å². The molecule has 110 valence electrons. The maximum atomic E-state index is 12.2. The number of ether oxygens (including phenoxy) is 1. The molecule has 0 saturated carbocycles. The van der Waals surface area contributed by atoms with Crippen LogP contribution in [-0.2, 0) is 9.53 Å². The van der Waals surface area contributed by atoms with Gasteiger partial charge in [-0.25, -0.2) is 4.79 Å². The first-order chi connectivity index (χ1) is 9.40. The number of rotatable bonds is 5. The van der Waals surface area contributed by atoms with Gasteiger partial charge in [0.05, 0.1) is 7.11 Å². The van der Waals surface area contributed by atoms with Crippen LogP contribution in [0.25, 0.3) is 0 Å². The molecule has 0 aliphatic heterocycles. The predicted octanol–water partition coefficient (Wildman–Crippen LogP) is 2.70. The molecule has 1 aromatic carbocycles. The average molecular weight is 360 g/mol. The van der Waals surface area contributed by atoms with Crippen molar-refractivity contribution < 1.29 is 14.3 Å². The second-order valence-electron chi connectivity index (χ2n) is 4.43. The number of carbonyl (C=O) groups excluding carboxylic acids is 2. The van der Waals surface area contributed by atoms with E-state index < -0.39 is 12.0 Å². The summed E-state index contributed by atoms with van der Waals surface area (Å²) in [5.41, 5.74) is 2.50. The highest BCUT2D eigenvalue weighted by Crippen LogP contribution is 2.22. The van der Waals surface area contributed by atoms with Gasteiger partial charge in [-0.2, -0.15) is 11.8 Å². The molecule has 1 N–H and O–H groups in total. The van der Waals surface area contributed by atoms with Gasteiger partial charge < -0.3 is 10.1 Å². The number of thioether (sulfide) groups is 1. The van der Waals surface area contributed by atoms with E-state index in [0.29, 0.717) is 11.3 Å². The lowest BCUT2D eigenvalue weighted by molar-refractivity contribution is -0.142. The van der Waals surface area contributed by atoms with Crippen LogP contribution >= 0.6 is 27.7 Å². The highest BCUT2D eigenvalue weighted by atomic mass is 79.9. The molecule has 1 atom stereocenters. The zero-order chi connectivity index (χ0) is 15.3. The Morgan fingerprint density at radius 1 is 1.35 bits per heavy atom. The van der Waals surface area contributed by atoms with Crippen molar-refractivity contribution in [3.05, 3.63) is 33.3 Å². The molecular formula is C14H18BrNO3S. The van der Waals surface area contributed by atoms with Gasteiger partial charge in [-0.05, 0) is 43.4 Å². The lowest BCUT2D eigenvalue weighted by Crippen LogP contribution is -2.43. The molecular weight excluding hydrogens is 342 g/mol. The third kappa shape index (κ3) is 4.24. The first-order valence-corrected chi connectivity index (χ1v) is 8.23. The van der Waals surface area contributed by atoms with Crippen LogP contribution in [0, 0.1) is 13.8 Å². The minimum atomic E-state index is -0.633. The van der Waals surface area contributed by atoms with E-state index in [1.165, 1.54) is 18.9 Å². The van der Waals surface area contributed by atoms with Crippen LogP contribution in [-0.4, -0.2) is 37.0 Å². The van der Waals surface area contributed by atoms with Crippen LogP contribution in [0.5, 0.6) is 0 Å². The Kier molecular flexibility index (Phi) is 6.55. The molecule has 1 amide bonds. The molecule has 0 saturated heterocycles. The largest absolute Gasteiger partial charge is 0.467 e. The van der Waals surface area contributed by atoms with Gasteiger partial charge in [0.25, 0.3) is 5.91 Å². The smallest absolute Gasteiger partial charge is 0.329 e. The minimum Gasteiger partial charge on any atom is -0.467 e. The van der Waals surface area contributed by atoms with Gasteiger partial charge >= 0.3 is 5.97 Å². The number of esters is 1. The monoisotopic (exact) mass is 359 g/mol. The lowest BCUT2D eigenvalue weighted by atomic mass is 10.1. The maximum Gasteiger partial charge on any atom is 0.329 e. The number of benzene rings is 1. The molecule has 0 bridgehead atoms. The molecule has 0 heterocycles. The van der Waals surface area contributed by atoms with Crippen molar-refractivity contribution in [3.8, 4) is 0 Å². The van der Waals surface area contributed by atoms with Gasteiger partial charge in [0.1, 0.15) is 6.04 Å². The second-order valence-corrected chi connectivity index (χ2v) is 6.13. The van der Waals surface area contributed by atoms with Crippen molar-refractivity contribution in [2.45, 2.75) is 19.9 Å². The topological polar surface area (TPSA) is 55.4 Å². The fourth-order valence-corrected chi connectivity index (χ4v) is 2.58. The summed E-state index contributed by atoms with van der Waals surface area (Å²) in [4.78, 5) is 23.8. The van der Waals surface area contributed by atoms with Crippen LogP contribution < -0.4 is 5.32 Å². The quantitative estimate of drug-likeness (QED) is 0.821. The molecule has 1 rings (SSSR count). The Hall–Kier alpha value is -1.01. The molecule has 0 aliphatic rings. The molecule has 1 aromatic rings.